The van der Waals surface area contributed by atoms with Gasteiger partial charge in [0.15, 0.2) is 5.16 Å². The molecule has 0 saturated heterocycles. The van der Waals surface area contributed by atoms with Gasteiger partial charge >= 0.3 is 5.69 Å². The highest BCUT2D eigenvalue weighted by molar-refractivity contribution is 7.99. The lowest BCUT2D eigenvalue weighted by molar-refractivity contribution is 0.218. The summed E-state index contributed by atoms with van der Waals surface area (Å²) in [6.07, 6.45) is 3.58. The summed E-state index contributed by atoms with van der Waals surface area (Å²) in [6, 6.07) is 0.495. The average Bonchev–Trinajstić information content (AvgIpc) is 2.69. The standard InChI is InChI=1S/C13H24N4OS/c1-5-17-11(18)15-16-12(17)19-10-8-13(2,3)7-6-9(10)14-4/h9-10,14H,5-8H2,1-4H3,(H,15,18). The Hall–Kier alpha value is -0.750. The molecule has 19 heavy (non-hydrogen) atoms. The van der Waals surface area contributed by atoms with Crippen LogP contribution in [0.1, 0.15) is 40.0 Å². The summed E-state index contributed by atoms with van der Waals surface area (Å²) in [7, 11) is 2.02. The molecule has 1 heterocycles. The van der Waals surface area contributed by atoms with Gasteiger partial charge in [0, 0.05) is 17.8 Å². The lowest BCUT2D eigenvalue weighted by Crippen LogP contribution is -2.43. The topological polar surface area (TPSA) is 62.7 Å². The number of aromatic amines is 1. The average molecular weight is 284 g/mol. The summed E-state index contributed by atoms with van der Waals surface area (Å²) in [4.78, 5) is 11.6. The molecule has 5 nitrogen and oxygen atoms in total. The molecule has 0 aliphatic heterocycles. The van der Waals surface area contributed by atoms with Crippen LogP contribution in [-0.4, -0.2) is 33.1 Å². The van der Waals surface area contributed by atoms with Crippen molar-refractivity contribution in [1.82, 2.24) is 20.1 Å². The van der Waals surface area contributed by atoms with Gasteiger partial charge in [0.25, 0.3) is 0 Å². The molecule has 1 aromatic rings. The van der Waals surface area contributed by atoms with E-state index in [9.17, 15) is 4.79 Å². The van der Waals surface area contributed by atoms with E-state index >= 15 is 0 Å². The Balaban J connectivity index is 2.17. The Kier molecular flexibility index (Phi) is 4.40. The lowest BCUT2D eigenvalue weighted by Gasteiger charge is -2.40. The predicted octanol–water partition coefficient (Wildman–Crippen LogP) is 1.85. The van der Waals surface area contributed by atoms with E-state index in [1.54, 1.807) is 16.3 Å². The van der Waals surface area contributed by atoms with Gasteiger partial charge in [-0.05, 0) is 38.6 Å². The third-order valence-corrected chi connectivity index (χ3v) is 5.32. The monoisotopic (exact) mass is 284 g/mol. The van der Waals surface area contributed by atoms with Crippen molar-refractivity contribution in [2.45, 2.75) is 63.0 Å². The van der Waals surface area contributed by atoms with Crippen LogP contribution >= 0.6 is 11.8 Å². The van der Waals surface area contributed by atoms with Gasteiger partial charge in [0.1, 0.15) is 0 Å². The number of aromatic nitrogens is 3. The quantitative estimate of drug-likeness (QED) is 0.886. The van der Waals surface area contributed by atoms with Crippen LogP contribution in [0.2, 0.25) is 0 Å². The van der Waals surface area contributed by atoms with Crippen molar-refractivity contribution < 1.29 is 0 Å². The van der Waals surface area contributed by atoms with Crippen LogP contribution < -0.4 is 11.0 Å². The molecule has 2 N–H and O–H groups in total. The van der Waals surface area contributed by atoms with Gasteiger partial charge < -0.3 is 5.32 Å². The van der Waals surface area contributed by atoms with Gasteiger partial charge in [-0.2, -0.15) is 0 Å². The molecule has 1 saturated carbocycles. The lowest BCUT2D eigenvalue weighted by atomic mass is 9.75. The molecule has 0 spiro atoms. The van der Waals surface area contributed by atoms with E-state index in [1.807, 2.05) is 14.0 Å². The molecule has 2 rings (SSSR count). The van der Waals surface area contributed by atoms with Crippen LogP contribution in [0.3, 0.4) is 0 Å². The number of nitrogens with one attached hydrogen (secondary N) is 2. The normalized spacial score (nSPS) is 26.5. The number of thioether (sulfide) groups is 1. The summed E-state index contributed by atoms with van der Waals surface area (Å²) in [5.41, 5.74) is 0.264. The number of rotatable bonds is 4. The zero-order chi connectivity index (χ0) is 14.0. The van der Waals surface area contributed by atoms with E-state index in [1.165, 1.54) is 12.8 Å². The third-order valence-electron chi connectivity index (χ3n) is 4.00. The minimum Gasteiger partial charge on any atom is -0.316 e. The minimum absolute atomic E-state index is 0.110. The van der Waals surface area contributed by atoms with Crippen molar-refractivity contribution in [3.63, 3.8) is 0 Å². The summed E-state index contributed by atoms with van der Waals surface area (Å²) in [5.74, 6) is 0. The summed E-state index contributed by atoms with van der Waals surface area (Å²) in [5, 5.41) is 11.4. The largest absolute Gasteiger partial charge is 0.343 e. The second-order valence-electron chi connectivity index (χ2n) is 6.01. The minimum atomic E-state index is -0.110. The van der Waals surface area contributed by atoms with Crippen LogP contribution in [0.4, 0.5) is 0 Å². The van der Waals surface area contributed by atoms with Gasteiger partial charge in [-0.3, -0.25) is 4.57 Å². The van der Waals surface area contributed by atoms with E-state index in [0.29, 0.717) is 23.3 Å². The van der Waals surface area contributed by atoms with Crippen molar-refractivity contribution in [2.24, 2.45) is 5.41 Å². The van der Waals surface area contributed by atoms with E-state index in [4.69, 9.17) is 0 Å². The third kappa shape index (κ3) is 3.23. The highest BCUT2D eigenvalue weighted by Gasteiger charge is 2.35. The molecule has 6 heteroatoms. The molecule has 1 aromatic heterocycles. The van der Waals surface area contributed by atoms with E-state index in [2.05, 4.69) is 29.4 Å². The first kappa shape index (κ1) is 14.7. The summed E-state index contributed by atoms with van der Waals surface area (Å²) >= 11 is 1.73. The Labute approximate surface area is 118 Å². The van der Waals surface area contributed by atoms with Gasteiger partial charge in [0.05, 0.1) is 0 Å². The van der Waals surface area contributed by atoms with Crippen LogP contribution in [0.25, 0.3) is 0 Å². The number of hydrogen-bond donors (Lipinski definition) is 2. The fourth-order valence-corrected chi connectivity index (χ4v) is 4.46. The predicted molar refractivity (Wildman–Crippen MR) is 78.6 cm³/mol. The van der Waals surface area contributed by atoms with Crippen molar-refractivity contribution in [1.29, 1.82) is 0 Å². The molecular formula is C13H24N4OS. The Morgan fingerprint density at radius 1 is 1.58 bits per heavy atom. The zero-order valence-corrected chi connectivity index (χ0v) is 13.0. The van der Waals surface area contributed by atoms with Gasteiger partial charge in [-0.1, -0.05) is 25.6 Å². The fraction of sp³-hybridized carbons (Fsp3) is 0.846. The number of nitrogens with zero attached hydrogens (tertiary/aromatic N) is 2. The highest BCUT2D eigenvalue weighted by Crippen LogP contribution is 2.41. The molecule has 0 aromatic carbocycles. The first-order valence-electron chi connectivity index (χ1n) is 6.96. The van der Waals surface area contributed by atoms with Crippen LogP contribution in [0.15, 0.2) is 9.95 Å². The number of hydrogen-bond acceptors (Lipinski definition) is 4. The molecule has 0 bridgehead atoms. The molecular weight excluding hydrogens is 260 g/mol. The van der Waals surface area contributed by atoms with Crippen LogP contribution in [0.5, 0.6) is 0 Å². The molecule has 1 aliphatic rings. The Morgan fingerprint density at radius 3 is 2.95 bits per heavy atom. The maximum absolute atomic E-state index is 11.6. The Bertz CT molecular complexity index is 479. The Morgan fingerprint density at radius 2 is 2.32 bits per heavy atom. The van der Waals surface area contributed by atoms with Gasteiger partial charge in [0.2, 0.25) is 0 Å². The van der Waals surface area contributed by atoms with Crippen molar-refractivity contribution >= 4 is 11.8 Å². The van der Waals surface area contributed by atoms with E-state index in [0.717, 1.165) is 11.6 Å². The van der Waals surface area contributed by atoms with Crippen LogP contribution in [0, 0.1) is 5.41 Å². The molecule has 108 valence electrons. The first-order valence-corrected chi connectivity index (χ1v) is 7.84. The second-order valence-corrected chi connectivity index (χ2v) is 7.22. The zero-order valence-electron chi connectivity index (χ0n) is 12.2. The van der Waals surface area contributed by atoms with Crippen molar-refractivity contribution in [2.75, 3.05) is 7.05 Å². The van der Waals surface area contributed by atoms with Gasteiger partial charge in [-0.25, -0.2) is 9.89 Å². The first-order chi connectivity index (χ1) is 8.96. The van der Waals surface area contributed by atoms with Crippen molar-refractivity contribution in [3.05, 3.63) is 10.5 Å². The van der Waals surface area contributed by atoms with Crippen molar-refractivity contribution in [3.8, 4) is 0 Å². The van der Waals surface area contributed by atoms with Gasteiger partial charge in [-0.15, -0.1) is 5.10 Å². The summed E-state index contributed by atoms with van der Waals surface area (Å²) in [6.45, 7) is 7.28. The van der Waals surface area contributed by atoms with Crippen LogP contribution in [-0.2, 0) is 6.54 Å². The molecule has 2 unspecified atom stereocenters. The maximum Gasteiger partial charge on any atom is 0.343 e. The molecule has 1 fully saturated rings. The smallest absolute Gasteiger partial charge is 0.316 e. The van der Waals surface area contributed by atoms with E-state index < -0.39 is 0 Å². The summed E-state index contributed by atoms with van der Waals surface area (Å²) < 4.78 is 1.71. The number of H-pyrrole nitrogens is 1. The SMILES string of the molecule is CCn1c(SC2CC(C)(C)CCC2NC)n[nH]c1=O. The molecule has 0 amide bonds. The fourth-order valence-electron chi connectivity index (χ4n) is 2.78. The highest BCUT2D eigenvalue weighted by atomic mass is 32.2. The molecule has 2 atom stereocenters. The molecule has 1 aliphatic carbocycles. The molecule has 0 radical (unpaired) electrons. The van der Waals surface area contributed by atoms with E-state index in [-0.39, 0.29) is 5.69 Å². The second kappa shape index (κ2) is 5.71. The maximum atomic E-state index is 11.6.